The summed E-state index contributed by atoms with van der Waals surface area (Å²) in [5.41, 5.74) is 12.1. The van der Waals surface area contributed by atoms with Crippen LogP contribution in [0.4, 0.5) is 0 Å². The zero-order valence-electron chi connectivity index (χ0n) is 8.79. The molecule has 0 amide bonds. The summed E-state index contributed by atoms with van der Waals surface area (Å²) < 4.78 is 0. The molecule has 0 bridgehead atoms. The van der Waals surface area contributed by atoms with Crippen molar-refractivity contribution in [2.24, 2.45) is 17.4 Å². The number of ketones is 1. The van der Waals surface area contributed by atoms with Gasteiger partial charge in [-0.15, -0.1) is 0 Å². The van der Waals surface area contributed by atoms with Gasteiger partial charge in [0.1, 0.15) is 0 Å². The van der Waals surface area contributed by atoms with E-state index in [1.807, 2.05) is 13.8 Å². The summed E-state index contributed by atoms with van der Waals surface area (Å²) in [5.74, 6) is -0.270. The van der Waals surface area contributed by atoms with Crippen molar-refractivity contribution < 1.29 is 4.79 Å². The SMILES string of the molecule is CC(N)=CC(=O)C(C=N)=C(N)C(C)C. The highest BCUT2D eigenvalue weighted by Gasteiger charge is 2.11. The largest absolute Gasteiger partial charge is 0.402 e. The van der Waals surface area contributed by atoms with Crippen LogP contribution in [0.3, 0.4) is 0 Å². The van der Waals surface area contributed by atoms with Crippen molar-refractivity contribution >= 4 is 12.0 Å². The van der Waals surface area contributed by atoms with Crippen LogP contribution in [0.5, 0.6) is 0 Å². The van der Waals surface area contributed by atoms with Crippen LogP contribution in [0.25, 0.3) is 0 Å². The Bertz CT molecular complexity index is 296. The Morgan fingerprint density at radius 3 is 2.14 bits per heavy atom. The highest BCUT2D eigenvalue weighted by Crippen LogP contribution is 2.09. The first-order valence-corrected chi connectivity index (χ1v) is 4.38. The summed E-state index contributed by atoms with van der Waals surface area (Å²) >= 11 is 0. The molecule has 0 rings (SSSR count). The predicted molar refractivity (Wildman–Crippen MR) is 57.8 cm³/mol. The number of nitrogens with two attached hydrogens (primary N) is 2. The van der Waals surface area contributed by atoms with Gasteiger partial charge in [0.25, 0.3) is 0 Å². The van der Waals surface area contributed by atoms with Crippen molar-refractivity contribution in [3.05, 3.63) is 23.0 Å². The standard InChI is InChI=1S/C10H17N3O/c1-6(2)10(13)8(5-11)9(14)4-7(3)12/h4-6,11H,12-13H2,1-3H3. The van der Waals surface area contributed by atoms with E-state index in [-0.39, 0.29) is 17.3 Å². The van der Waals surface area contributed by atoms with Crippen LogP contribution in [0.2, 0.25) is 0 Å². The van der Waals surface area contributed by atoms with Crippen LogP contribution in [0, 0.1) is 11.3 Å². The first kappa shape index (κ1) is 12.4. The summed E-state index contributed by atoms with van der Waals surface area (Å²) in [5, 5.41) is 7.10. The van der Waals surface area contributed by atoms with E-state index in [2.05, 4.69) is 0 Å². The molecule has 4 heteroatoms. The molecule has 5 N–H and O–H groups in total. The first-order valence-electron chi connectivity index (χ1n) is 4.38. The summed E-state index contributed by atoms with van der Waals surface area (Å²) in [7, 11) is 0. The number of hydrogen-bond donors (Lipinski definition) is 3. The minimum absolute atomic E-state index is 0.0435. The predicted octanol–water partition coefficient (Wildman–Crippen LogP) is 0.936. The normalized spacial score (nSPS) is 13.9. The molecule has 0 spiro atoms. The van der Waals surface area contributed by atoms with Crippen molar-refractivity contribution in [3.8, 4) is 0 Å². The van der Waals surface area contributed by atoms with Gasteiger partial charge in [0.2, 0.25) is 0 Å². The number of carbonyl (C=O) groups is 1. The molecule has 0 saturated heterocycles. The molecule has 4 nitrogen and oxygen atoms in total. The molecule has 0 aliphatic rings. The van der Waals surface area contributed by atoms with Crippen LogP contribution < -0.4 is 11.5 Å². The quantitative estimate of drug-likeness (QED) is 0.460. The van der Waals surface area contributed by atoms with Crippen LogP contribution in [0.1, 0.15) is 20.8 Å². The van der Waals surface area contributed by atoms with Gasteiger partial charge in [0.15, 0.2) is 5.78 Å². The summed E-state index contributed by atoms with van der Waals surface area (Å²) in [6, 6.07) is 0. The molecule has 0 atom stereocenters. The molecular formula is C10H17N3O. The van der Waals surface area contributed by atoms with E-state index in [0.29, 0.717) is 11.4 Å². The number of nitrogens with one attached hydrogen (secondary N) is 1. The third kappa shape index (κ3) is 3.43. The van der Waals surface area contributed by atoms with Crippen molar-refractivity contribution in [1.82, 2.24) is 0 Å². The van der Waals surface area contributed by atoms with Gasteiger partial charge >= 0.3 is 0 Å². The zero-order chi connectivity index (χ0) is 11.3. The molecule has 0 unspecified atom stereocenters. The maximum Gasteiger partial charge on any atom is 0.190 e. The lowest BCUT2D eigenvalue weighted by atomic mass is 10.0. The van der Waals surface area contributed by atoms with Crippen molar-refractivity contribution in [2.75, 3.05) is 0 Å². The Balaban J connectivity index is 5.10. The van der Waals surface area contributed by atoms with Gasteiger partial charge in [-0.2, -0.15) is 0 Å². The van der Waals surface area contributed by atoms with Gasteiger partial charge in [-0.3, -0.25) is 4.79 Å². The lowest BCUT2D eigenvalue weighted by Gasteiger charge is -2.08. The molecule has 0 aromatic rings. The highest BCUT2D eigenvalue weighted by molar-refractivity contribution is 6.18. The first-order chi connectivity index (χ1) is 6.40. The lowest BCUT2D eigenvalue weighted by molar-refractivity contribution is -0.111. The molecule has 0 aromatic heterocycles. The maximum atomic E-state index is 11.5. The topological polar surface area (TPSA) is 93.0 Å². The maximum absolute atomic E-state index is 11.5. The van der Waals surface area contributed by atoms with Gasteiger partial charge in [-0.25, -0.2) is 0 Å². The molecule has 0 saturated carbocycles. The van der Waals surface area contributed by atoms with Crippen LogP contribution in [-0.4, -0.2) is 12.0 Å². The molecule has 0 heterocycles. The second-order valence-corrected chi connectivity index (χ2v) is 3.42. The zero-order valence-corrected chi connectivity index (χ0v) is 8.79. The molecule has 0 aromatic carbocycles. The van der Waals surface area contributed by atoms with E-state index in [1.165, 1.54) is 6.08 Å². The third-order valence-electron chi connectivity index (χ3n) is 1.70. The van der Waals surface area contributed by atoms with E-state index < -0.39 is 0 Å². The van der Waals surface area contributed by atoms with E-state index in [1.54, 1.807) is 6.92 Å². The Hall–Kier alpha value is -1.58. The Morgan fingerprint density at radius 2 is 1.86 bits per heavy atom. The van der Waals surface area contributed by atoms with E-state index in [4.69, 9.17) is 16.9 Å². The third-order valence-corrected chi connectivity index (χ3v) is 1.70. The number of allylic oxidation sites excluding steroid dienone is 4. The second kappa shape index (κ2) is 5.21. The van der Waals surface area contributed by atoms with Crippen molar-refractivity contribution in [1.29, 1.82) is 5.41 Å². The fourth-order valence-electron chi connectivity index (χ4n) is 0.892. The number of carbonyl (C=O) groups excluding carboxylic acids is 1. The summed E-state index contributed by atoms with van der Waals surface area (Å²) in [6.07, 6.45) is 2.24. The summed E-state index contributed by atoms with van der Waals surface area (Å²) in [4.78, 5) is 11.5. The van der Waals surface area contributed by atoms with Gasteiger partial charge < -0.3 is 16.9 Å². The molecule has 0 radical (unpaired) electrons. The average molecular weight is 195 g/mol. The van der Waals surface area contributed by atoms with Crippen molar-refractivity contribution in [2.45, 2.75) is 20.8 Å². The monoisotopic (exact) mass is 195 g/mol. The number of rotatable bonds is 4. The second-order valence-electron chi connectivity index (χ2n) is 3.42. The van der Waals surface area contributed by atoms with E-state index in [9.17, 15) is 4.79 Å². The molecule has 78 valence electrons. The Morgan fingerprint density at radius 1 is 1.36 bits per heavy atom. The molecule has 14 heavy (non-hydrogen) atoms. The minimum Gasteiger partial charge on any atom is -0.402 e. The molecule has 0 aliphatic heterocycles. The van der Waals surface area contributed by atoms with E-state index >= 15 is 0 Å². The fraction of sp³-hybridized carbons (Fsp3) is 0.400. The fourth-order valence-corrected chi connectivity index (χ4v) is 0.892. The van der Waals surface area contributed by atoms with E-state index in [0.717, 1.165) is 6.21 Å². The summed E-state index contributed by atoms with van der Waals surface area (Å²) in [6.45, 7) is 5.35. The molecule has 0 fully saturated rings. The molecular weight excluding hydrogens is 178 g/mol. The van der Waals surface area contributed by atoms with Crippen LogP contribution >= 0.6 is 0 Å². The molecule has 0 aliphatic carbocycles. The lowest BCUT2D eigenvalue weighted by Crippen LogP contribution is -2.15. The number of hydrogen-bond acceptors (Lipinski definition) is 4. The van der Waals surface area contributed by atoms with Gasteiger partial charge in [-0.1, -0.05) is 13.8 Å². The Labute approximate surface area is 84.2 Å². The van der Waals surface area contributed by atoms with Gasteiger partial charge in [0, 0.05) is 23.7 Å². The van der Waals surface area contributed by atoms with Gasteiger partial charge in [0.05, 0.1) is 5.57 Å². The highest BCUT2D eigenvalue weighted by atomic mass is 16.1. The average Bonchev–Trinajstić information content (AvgIpc) is 2.03. The van der Waals surface area contributed by atoms with Gasteiger partial charge in [-0.05, 0) is 12.8 Å². The van der Waals surface area contributed by atoms with Crippen LogP contribution in [-0.2, 0) is 4.79 Å². The smallest absolute Gasteiger partial charge is 0.190 e. The Kier molecular flexibility index (Phi) is 4.63. The minimum atomic E-state index is -0.314. The van der Waals surface area contributed by atoms with Crippen molar-refractivity contribution in [3.63, 3.8) is 0 Å². The van der Waals surface area contributed by atoms with Crippen LogP contribution in [0.15, 0.2) is 23.0 Å².